The SMILES string of the molecule is O=[N+]([O-])c1ccc(S(=O)(=O)NC[C@@H](COCc2ccccc2)c2c(O)ccc3ccccc23)cc1. The molecule has 4 rings (SSSR count). The van der Waals surface area contributed by atoms with Crippen LogP contribution >= 0.6 is 0 Å². The van der Waals surface area contributed by atoms with E-state index in [1.54, 1.807) is 12.1 Å². The number of hydrogen-bond acceptors (Lipinski definition) is 6. The molecule has 180 valence electrons. The Morgan fingerprint density at radius 3 is 2.31 bits per heavy atom. The van der Waals surface area contributed by atoms with Crippen molar-refractivity contribution in [3.63, 3.8) is 0 Å². The van der Waals surface area contributed by atoms with E-state index in [9.17, 15) is 23.6 Å². The van der Waals surface area contributed by atoms with Gasteiger partial charge in [0.1, 0.15) is 5.75 Å². The third-order valence-electron chi connectivity index (χ3n) is 5.66. The number of nitro groups is 1. The van der Waals surface area contributed by atoms with Gasteiger partial charge in [-0.25, -0.2) is 13.1 Å². The molecule has 2 N–H and O–H groups in total. The number of ether oxygens (including phenoxy) is 1. The van der Waals surface area contributed by atoms with Gasteiger partial charge in [0.2, 0.25) is 10.0 Å². The van der Waals surface area contributed by atoms with Crippen molar-refractivity contribution < 1.29 is 23.2 Å². The molecule has 0 aromatic heterocycles. The molecule has 4 aromatic carbocycles. The zero-order valence-electron chi connectivity index (χ0n) is 18.7. The molecular weight excluding hydrogens is 468 g/mol. The van der Waals surface area contributed by atoms with Crippen molar-refractivity contribution in [2.75, 3.05) is 13.2 Å². The van der Waals surface area contributed by atoms with Crippen LogP contribution in [0.2, 0.25) is 0 Å². The molecule has 0 bridgehead atoms. The van der Waals surface area contributed by atoms with Gasteiger partial charge in [0.15, 0.2) is 0 Å². The van der Waals surface area contributed by atoms with E-state index in [0.29, 0.717) is 12.2 Å². The molecule has 0 fully saturated rings. The second-order valence-corrected chi connectivity index (χ2v) is 9.79. The lowest BCUT2D eigenvalue weighted by molar-refractivity contribution is -0.384. The van der Waals surface area contributed by atoms with Gasteiger partial charge in [0.25, 0.3) is 5.69 Å². The number of aromatic hydroxyl groups is 1. The Balaban J connectivity index is 1.59. The minimum atomic E-state index is -3.96. The maximum Gasteiger partial charge on any atom is 0.269 e. The molecule has 0 radical (unpaired) electrons. The molecule has 0 amide bonds. The molecule has 0 unspecified atom stereocenters. The van der Waals surface area contributed by atoms with Gasteiger partial charge in [-0.2, -0.15) is 0 Å². The number of fused-ring (bicyclic) bond motifs is 1. The molecule has 0 spiro atoms. The summed E-state index contributed by atoms with van der Waals surface area (Å²) in [5.74, 6) is -0.454. The maximum atomic E-state index is 12.9. The van der Waals surface area contributed by atoms with Gasteiger partial charge in [-0.15, -0.1) is 0 Å². The highest BCUT2D eigenvalue weighted by molar-refractivity contribution is 7.89. The summed E-state index contributed by atoms with van der Waals surface area (Å²) in [4.78, 5) is 10.2. The lowest BCUT2D eigenvalue weighted by atomic mass is 9.93. The number of hydrogen-bond donors (Lipinski definition) is 2. The van der Waals surface area contributed by atoms with E-state index in [1.807, 2.05) is 54.6 Å². The number of sulfonamides is 1. The van der Waals surface area contributed by atoms with Crippen LogP contribution in [-0.2, 0) is 21.4 Å². The summed E-state index contributed by atoms with van der Waals surface area (Å²) in [6.07, 6.45) is 0. The van der Waals surface area contributed by atoms with E-state index in [-0.39, 0.29) is 29.5 Å². The lowest BCUT2D eigenvalue weighted by Gasteiger charge is -2.21. The summed E-state index contributed by atoms with van der Waals surface area (Å²) in [6, 6.07) is 25.2. The molecule has 9 heteroatoms. The fraction of sp³-hybridized carbons (Fsp3) is 0.154. The summed E-state index contributed by atoms with van der Waals surface area (Å²) in [6.45, 7) is 0.437. The minimum absolute atomic E-state index is 0.0460. The highest BCUT2D eigenvalue weighted by Gasteiger charge is 2.23. The van der Waals surface area contributed by atoms with Crippen molar-refractivity contribution in [3.05, 3.63) is 112 Å². The average Bonchev–Trinajstić information content (AvgIpc) is 2.87. The third-order valence-corrected chi connectivity index (χ3v) is 7.10. The van der Waals surface area contributed by atoms with Crippen LogP contribution in [0.25, 0.3) is 10.8 Å². The van der Waals surface area contributed by atoms with Crippen LogP contribution in [0.5, 0.6) is 5.75 Å². The highest BCUT2D eigenvalue weighted by Crippen LogP contribution is 2.34. The van der Waals surface area contributed by atoms with Crippen molar-refractivity contribution in [1.82, 2.24) is 4.72 Å². The molecule has 0 aliphatic carbocycles. The van der Waals surface area contributed by atoms with Crippen molar-refractivity contribution in [2.45, 2.75) is 17.4 Å². The molecule has 0 aliphatic rings. The molecule has 8 nitrogen and oxygen atoms in total. The van der Waals surface area contributed by atoms with Crippen LogP contribution in [0, 0.1) is 10.1 Å². The fourth-order valence-corrected chi connectivity index (χ4v) is 4.97. The first kappa shape index (κ1) is 24.3. The van der Waals surface area contributed by atoms with Gasteiger partial charge in [-0.3, -0.25) is 10.1 Å². The number of benzene rings is 4. The van der Waals surface area contributed by atoms with Crippen LogP contribution in [-0.4, -0.2) is 31.6 Å². The van der Waals surface area contributed by atoms with E-state index in [4.69, 9.17) is 4.74 Å². The molecule has 0 saturated carbocycles. The Morgan fingerprint density at radius 2 is 1.60 bits per heavy atom. The van der Waals surface area contributed by atoms with Crippen molar-refractivity contribution in [3.8, 4) is 5.75 Å². The number of non-ortho nitro benzene ring substituents is 1. The Labute approximate surface area is 203 Å². The molecular formula is C26H24N2O6S. The summed E-state index contributed by atoms with van der Waals surface area (Å²) in [5.41, 5.74) is 1.36. The summed E-state index contributed by atoms with van der Waals surface area (Å²) in [5, 5.41) is 23.3. The fourth-order valence-electron chi connectivity index (χ4n) is 3.89. The van der Waals surface area contributed by atoms with Crippen LogP contribution < -0.4 is 4.72 Å². The number of nitrogens with one attached hydrogen (secondary N) is 1. The first-order valence-corrected chi connectivity index (χ1v) is 12.4. The first-order valence-electron chi connectivity index (χ1n) is 10.9. The molecule has 0 heterocycles. The first-order chi connectivity index (χ1) is 16.8. The molecule has 0 saturated heterocycles. The van der Waals surface area contributed by atoms with E-state index < -0.39 is 20.9 Å². The second kappa shape index (κ2) is 10.6. The van der Waals surface area contributed by atoms with Gasteiger partial charge in [-0.1, -0.05) is 60.7 Å². The quantitative estimate of drug-likeness (QED) is 0.244. The topological polar surface area (TPSA) is 119 Å². The lowest BCUT2D eigenvalue weighted by Crippen LogP contribution is -2.30. The number of nitrogens with zero attached hydrogens (tertiary/aromatic N) is 1. The smallest absolute Gasteiger partial charge is 0.269 e. The Kier molecular flexibility index (Phi) is 7.40. The van der Waals surface area contributed by atoms with Crippen LogP contribution in [0.3, 0.4) is 0 Å². The molecule has 0 aliphatic heterocycles. The second-order valence-electron chi connectivity index (χ2n) is 8.02. The van der Waals surface area contributed by atoms with Gasteiger partial charge in [0.05, 0.1) is 23.0 Å². The predicted octanol–water partition coefficient (Wildman–Crippen LogP) is 4.73. The van der Waals surface area contributed by atoms with Crippen molar-refractivity contribution in [1.29, 1.82) is 0 Å². The summed E-state index contributed by atoms with van der Waals surface area (Å²) < 4.78 is 34.3. The summed E-state index contributed by atoms with van der Waals surface area (Å²) >= 11 is 0. The molecule has 4 aromatic rings. The van der Waals surface area contributed by atoms with E-state index >= 15 is 0 Å². The number of phenolic OH excluding ortho intramolecular Hbond substituents is 1. The van der Waals surface area contributed by atoms with Gasteiger partial charge in [-0.05, 0) is 34.5 Å². The van der Waals surface area contributed by atoms with Crippen molar-refractivity contribution >= 4 is 26.5 Å². The average molecular weight is 493 g/mol. The zero-order valence-corrected chi connectivity index (χ0v) is 19.5. The zero-order chi connectivity index (χ0) is 24.8. The van der Waals surface area contributed by atoms with E-state index in [2.05, 4.69) is 4.72 Å². The largest absolute Gasteiger partial charge is 0.508 e. The van der Waals surface area contributed by atoms with Crippen LogP contribution in [0.15, 0.2) is 95.9 Å². The van der Waals surface area contributed by atoms with Gasteiger partial charge in [0, 0.05) is 30.2 Å². The number of phenols is 1. The third kappa shape index (κ3) is 5.83. The Morgan fingerprint density at radius 1 is 0.914 bits per heavy atom. The maximum absolute atomic E-state index is 12.9. The van der Waals surface area contributed by atoms with E-state index in [1.165, 1.54) is 12.1 Å². The summed E-state index contributed by atoms with van der Waals surface area (Å²) in [7, 11) is -3.96. The highest BCUT2D eigenvalue weighted by atomic mass is 32.2. The minimum Gasteiger partial charge on any atom is -0.508 e. The van der Waals surface area contributed by atoms with E-state index in [0.717, 1.165) is 28.5 Å². The van der Waals surface area contributed by atoms with Crippen molar-refractivity contribution in [2.24, 2.45) is 0 Å². The number of rotatable bonds is 10. The van der Waals surface area contributed by atoms with Gasteiger partial charge < -0.3 is 9.84 Å². The molecule has 1 atom stereocenters. The van der Waals surface area contributed by atoms with Gasteiger partial charge >= 0.3 is 0 Å². The van der Waals surface area contributed by atoms with Crippen LogP contribution in [0.1, 0.15) is 17.0 Å². The number of nitro benzene ring substituents is 1. The van der Waals surface area contributed by atoms with Crippen LogP contribution in [0.4, 0.5) is 5.69 Å². The monoisotopic (exact) mass is 492 g/mol. The Bertz CT molecular complexity index is 1420. The normalized spacial score (nSPS) is 12.5. The molecule has 35 heavy (non-hydrogen) atoms. The Hall–Kier alpha value is -3.79. The standard InChI is InChI=1S/C26H24N2O6S/c29-25-15-10-20-8-4-5-9-24(20)26(25)21(18-34-17-19-6-2-1-3-7-19)16-27-35(32,33)23-13-11-22(12-14-23)28(30)31/h1-15,21,27,29H,16-18H2/t21-/m0/s1. The predicted molar refractivity (Wildman–Crippen MR) is 133 cm³/mol.